The van der Waals surface area contributed by atoms with E-state index in [4.69, 9.17) is 5.73 Å². The Morgan fingerprint density at radius 1 is 1.12 bits per heavy atom. The van der Waals surface area contributed by atoms with E-state index >= 15 is 0 Å². The van der Waals surface area contributed by atoms with Gasteiger partial charge >= 0.3 is 0 Å². The Morgan fingerprint density at radius 2 is 1.76 bits per heavy atom. The lowest BCUT2D eigenvalue weighted by Gasteiger charge is -2.28. The van der Waals surface area contributed by atoms with Crippen molar-refractivity contribution in [3.8, 4) is 0 Å². The van der Waals surface area contributed by atoms with Crippen molar-refractivity contribution in [2.45, 2.75) is 50.7 Å². The quantitative estimate of drug-likeness (QED) is 0.839. The van der Waals surface area contributed by atoms with Crippen molar-refractivity contribution in [1.82, 2.24) is 0 Å². The van der Waals surface area contributed by atoms with Crippen molar-refractivity contribution in [3.05, 3.63) is 35.9 Å². The minimum atomic E-state index is -0.231. The van der Waals surface area contributed by atoms with Crippen LogP contribution in [0, 0.1) is 5.92 Å². The van der Waals surface area contributed by atoms with Crippen molar-refractivity contribution in [2.75, 3.05) is 0 Å². The van der Waals surface area contributed by atoms with Crippen LogP contribution in [0.25, 0.3) is 0 Å². The van der Waals surface area contributed by atoms with E-state index in [9.17, 15) is 5.11 Å². The minimum absolute atomic E-state index is 0.0341. The van der Waals surface area contributed by atoms with Gasteiger partial charge in [0.25, 0.3) is 0 Å². The number of aliphatic hydroxyl groups is 1. The van der Waals surface area contributed by atoms with E-state index in [1.807, 2.05) is 30.3 Å². The Bertz CT molecular complexity index is 319. The molecular formula is C15H23NO. The SMILES string of the molecule is N[C@@H](C[C@@H](O)C1CCCCC1)c1ccccc1. The number of aliphatic hydroxyl groups excluding tert-OH is 1. The molecule has 0 amide bonds. The molecule has 2 heteroatoms. The van der Waals surface area contributed by atoms with E-state index in [2.05, 4.69) is 0 Å². The van der Waals surface area contributed by atoms with Crippen LogP contribution in [0.15, 0.2) is 30.3 Å². The summed E-state index contributed by atoms with van der Waals surface area (Å²) < 4.78 is 0. The third kappa shape index (κ3) is 3.55. The fourth-order valence-electron chi connectivity index (χ4n) is 2.81. The Hall–Kier alpha value is -0.860. The summed E-state index contributed by atoms with van der Waals surface area (Å²) in [7, 11) is 0. The molecule has 0 radical (unpaired) electrons. The number of benzene rings is 1. The van der Waals surface area contributed by atoms with Gasteiger partial charge in [-0.15, -0.1) is 0 Å². The van der Waals surface area contributed by atoms with E-state index in [0.717, 1.165) is 5.56 Å². The van der Waals surface area contributed by atoms with Gasteiger partial charge in [0.2, 0.25) is 0 Å². The summed E-state index contributed by atoms with van der Waals surface area (Å²) in [6, 6.07) is 10.0. The Kier molecular flexibility index (Phi) is 4.57. The molecule has 0 unspecified atom stereocenters. The van der Waals surface area contributed by atoms with Crippen LogP contribution >= 0.6 is 0 Å². The smallest absolute Gasteiger partial charge is 0.0586 e. The topological polar surface area (TPSA) is 46.2 Å². The van der Waals surface area contributed by atoms with Gasteiger partial charge in [-0.1, -0.05) is 49.6 Å². The Morgan fingerprint density at radius 3 is 2.41 bits per heavy atom. The summed E-state index contributed by atoms with van der Waals surface area (Å²) in [5.41, 5.74) is 7.27. The van der Waals surface area contributed by atoms with Crippen molar-refractivity contribution >= 4 is 0 Å². The van der Waals surface area contributed by atoms with Crippen LogP contribution in [0.4, 0.5) is 0 Å². The van der Waals surface area contributed by atoms with Crippen LogP contribution in [-0.4, -0.2) is 11.2 Å². The highest BCUT2D eigenvalue weighted by molar-refractivity contribution is 5.18. The molecule has 3 N–H and O–H groups in total. The Balaban J connectivity index is 1.87. The highest BCUT2D eigenvalue weighted by Gasteiger charge is 2.23. The maximum Gasteiger partial charge on any atom is 0.0586 e. The summed E-state index contributed by atoms with van der Waals surface area (Å²) in [5, 5.41) is 10.2. The summed E-state index contributed by atoms with van der Waals surface area (Å²) in [6.07, 6.45) is 6.66. The lowest BCUT2D eigenvalue weighted by molar-refractivity contribution is 0.0712. The molecule has 1 aliphatic rings. The Labute approximate surface area is 104 Å². The summed E-state index contributed by atoms with van der Waals surface area (Å²) >= 11 is 0. The molecule has 1 aromatic carbocycles. The van der Waals surface area contributed by atoms with Crippen LogP contribution < -0.4 is 5.73 Å². The van der Waals surface area contributed by atoms with Crippen LogP contribution in [0.2, 0.25) is 0 Å². The average Bonchev–Trinajstić information content (AvgIpc) is 2.40. The van der Waals surface area contributed by atoms with Gasteiger partial charge in [0, 0.05) is 6.04 Å². The number of nitrogens with two attached hydrogens (primary N) is 1. The zero-order chi connectivity index (χ0) is 12.1. The molecule has 1 saturated carbocycles. The fourth-order valence-corrected chi connectivity index (χ4v) is 2.81. The van der Waals surface area contributed by atoms with E-state index in [0.29, 0.717) is 12.3 Å². The first-order valence-electron chi connectivity index (χ1n) is 6.76. The number of hydrogen-bond acceptors (Lipinski definition) is 2. The van der Waals surface area contributed by atoms with Gasteiger partial charge in [0.1, 0.15) is 0 Å². The predicted octanol–water partition coefficient (Wildman–Crippen LogP) is 3.02. The van der Waals surface area contributed by atoms with E-state index in [1.54, 1.807) is 0 Å². The van der Waals surface area contributed by atoms with Gasteiger partial charge in [-0.2, -0.15) is 0 Å². The van der Waals surface area contributed by atoms with E-state index in [1.165, 1.54) is 32.1 Å². The van der Waals surface area contributed by atoms with Crippen LogP contribution in [-0.2, 0) is 0 Å². The van der Waals surface area contributed by atoms with Gasteiger partial charge in [0.05, 0.1) is 6.10 Å². The molecule has 1 fully saturated rings. The summed E-state index contributed by atoms with van der Waals surface area (Å²) in [5.74, 6) is 0.471. The maximum atomic E-state index is 10.2. The van der Waals surface area contributed by atoms with Gasteiger partial charge in [0.15, 0.2) is 0 Å². The first-order chi connectivity index (χ1) is 8.27. The van der Waals surface area contributed by atoms with Gasteiger partial charge in [-0.3, -0.25) is 0 Å². The molecule has 2 rings (SSSR count). The van der Waals surface area contributed by atoms with Crippen LogP contribution in [0.1, 0.15) is 50.1 Å². The monoisotopic (exact) mass is 233 g/mol. The normalized spacial score (nSPS) is 21.1. The first kappa shape index (κ1) is 12.6. The molecule has 0 bridgehead atoms. The summed E-state index contributed by atoms with van der Waals surface area (Å²) in [6.45, 7) is 0. The third-order valence-electron chi connectivity index (χ3n) is 3.92. The van der Waals surface area contributed by atoms with E-state index < -0.39 is 0 Å². The zero-order valence-corrected chi connectivity index (χ0v) is 10.4. The van der Waals surface area contributed by atoms with Gasteiger partial charge in [-0.25, -0.2) is 0 Å². The number of hydrogen-bond donors (Lipinski definition) is 2. The van der Waals surface area contributed by atoms with Crippen molar-refractivity contribution < 1.29 is 5.11 Å². The van der Waals surface area contributed by atoms with E-state index in [-0.39, 0.29) is 12.1 Å². The average molecular weight is 233 g/mol. The lowest BCUT2D eigenvalue weighted by Crippen LogP contribution is -2.27. The molecule has 2 nitrogen and oxygen atoms in total. The zero-order valence-electron chi connectivity index (χ0n) is 10.4. The molecule has 0 heterocycles. The van der Waals surface area contributed by atoms with Crippen LogP contribution in [0.3, 0.4) is 0 Å². The standard InChI is InChI=1S/C15H23NO/c16-14(12-7-3-1-4-8-12)11-15(17)13-9-5-2-6-10-13/h1,3-4,7-8,13-15,17H,2,5-6,9-11,16H2/t14-,15+/m0/s1. The second kappa shape index (κ2) is 6.18. The van der Waals surface area contributed by atoms with Crippen molar-refractivity contribution in [3.63, 3.8) is 0 Å². The summed E-state index contributed by atoms with van der Waals surface area (Å²) in [4.78, 5) is 0. The van der Waals surface area contributed by atoms with Gasteiger partial charge in [-0.05, 0) is 30.7 Å². The molecular weight excluding hydrogens is 210 g/mol. The molecule has 0 spiro atoms. The molecule has 0 aliphatic heterocycles. The predicted molar refractivity (Wildman–Crippen MR) is 70.6 cm³/mol. The molecule has 2 atom stereocenters. The second-order valence-electron chi connectivity index (χ2n) is 5.22. The highest BCUT2D eigenvalue weighted by atomic mass is 16.3. The van der Waals surface area contributed by atoms with Crippen LogP contribution in [0.5, 0.6) is 0 Å². The second-order valence-corrected chi connectivity index (χ2v) is 5.22. The largest absolute Gasteiger partial charge is 0.393 e. The molecule has 0 saturated heterocycles. The molecule has 1 aliphatic carbocycles. The molecule has 1 aromatic rings. The maximum absolute atomic E-state index is 10.2. The third-order valence-corrected chi connectivity index (χ3v) is 3.92. The number of rotatable bonds is 4. The minimum Gasteiger partial charge on any atom is -0.393 e. The van der Waals surface area contributed by atoms with Gasteiger partial charge < -0.3 is 10.8 Å². The molecule has 17 heavy (non-hydrogen) atoms. The first-order valence-corrected chi connectivity index (χ1v) is 6.76. The van der Waals surface area contributed by atoms with Crippen molar-refractivity contribution in [2.24, 2.45) is 11.7 Å². The lowest BCUT2D eigenvalue weighted by atomic mass is 9.82. The highest BCUT2D eigenvalue weighted by Crippen LogP contribution is 2.30. The molecule has 0 aromatic heterocycles. The van der Waals surface area contributed by atoms with Crippen molar-refractivity contribution in [1.29, 1.82) is 0 Å². The molecule has 94 valence electrons. The fraction of sp³-hybridized carbons (Fsp3) is 0.600.